The molecule has 4 rings (SSSR count). The largest absolute Gasteiger partial charge is 0.488 e. The molecule has 2 aromatic carbocycles. The summed E-state index contributed by atoms with van der Waals surface area (Å²) < 4.78 is 5.92. The van der Waals surface area contributed by atoms with Gasteiger partial charge in [-0.3, -0.25) is 20.3 Å². The molecule has 3 aromatic rings. The highest BCUT2D eigenvalue weighted by atomic mass is 32.2. The van der Waals surface area contributed by atoms with Gasteiger partial charge < -0.3 is 4.74 Å². The van der Waals surface area contributed by atoms with Crippen LogP contribution in [-0.2, 0) is 11.4 Å². The maximum Gasteiger partial charge on any atom is 0.273 e. The van der Waals surface area contributed by atoms with Crippen LogP contribution in [0, 0.1) is 22.4 Å². The summed E-state index contributed by atoms with van der Waals surface area (Å²) in [6, 6.07) is 12.1. The molecule has 8 nitrogen and oxygen atoms in total. The summed E-state index contributed by atoms with van der Waals surface area (Å²) in [5, 5.41) is 21.6. The summed E-state index contributed by atoms with van der Waals surface area (Å²) in [6.07, 6.45) is 3.08. The van der Waals surface area contributed by atoms with Crippen LogP contribution in [0.4, 0.5) is 10.8 Å². The van der Waals surface area contributed by atoms with Gasteiger partial charge in [-0.1, -0.05) is 29.8 Å². The van der Waals surface area contributed by atoms with Crippen molar-refractivity contribution >= 4 is 51.1 Å². The van der Waals surface area contributed by atoms with E-state index in [1.165, 1.54) is 40.5 Å². The molecule has 10 heteroatoms. The fourth-order valence-electron chi connectivity index (χ4n) is 2.99. The van der Waals surface area contributed by atoms with E-state index in [2.05, 4.69) is 4.98 Å². The predicted octanol–water partition coefficient (Wildman–Crippen LogP) is 4.99. The van der Waals surface area contributed by atoms with Crippen LogP contribution in [0.1, 0.15) is 16.7 Å². The fourth-order valence-corrected chi connectivity index (χ4v) is 4.52. The smallest absolute Gasteiger partial charge is 0.273 e. The number of non-ortho nitro benzene ring substituents is 1. The number of carbonyl (C=O) groups excluding carboxylic acids is 1. The van der Waals surface area contributed by atoms with Crippen LogP contribution in [0.3, 0.4) is 0 Å². The Morgan fingerprint density at radius 2 is 2.13 bits per heavy atom. The lowest BCUT2D eigenvalue weighted by Crippen LogP contribution is -2.27. The van der Waals surface area contributed by atoms with Gasteiger partial charge in [-0.05, 0) is 36.4 Å². The van der Waals surface area contributed by atoms with Crippen LogP contribution in [0.2, 0.25) is 0 Å². The Kier molecular flexibility index (Phi) is 5.83. The van der Waals surface area contributed by atoms with Crippen LogP contribution >= 0.6 is 23.1 Å². The van der Waals surface area contributed by atoms with Crippen molar-refractivity contribution in [3.63, 3.8) is 0 Å². The minimum Gasteiger partial charge on any atom is -0.488 e. The molecular formula is C21H16N4O4S2. The number of amidine groups is 1. The molecule has 1 aromatic heterocycles. The van der Waals surface area contributed by atoms with Gasteiger partial charge in [0, 0.05) is 29.3 Å². The molecule has 0 radical (unpaired) electrons. The second kappa shape index (κ2) is 8.70. The molecule has 0 saturated carbocycles. The number of nitro benzene ring substituents is 1. The minimum absolute atomic E-state index is 0.0267. The van der Waals surface area contributed by atoms with E-state index in [1.807, 2.05) is 31.2 Å². The molecule has 1 amide bonds. The summed E-state index contributed by atoms with van der Waals surface area (Å²) in [4.78, 5) is 29.2. The number of nitrogens with zero attached hydrogens (tertiary/aromatic N) is 3. The first kappa shape index (κ1) is 20.8. The Morgan fingerprint density at radius 3 is 2.84 bits per heavy atom. The van der Waals surface area contributed by atoms with Gasteiger partial charge in [-0.15, -0.1) is 11.3 Å². The number of hydrogen-bond donors (Lipinski definition) is 1. The zero-order valence-electron chi connectivity index (χ0n) is 16.3. The Bertz CT molecular complexity index is 1210. The molecule has 1 fully saturated rings. The summed E-state index contributed by atoms with van der Waals surface area (Å²) in [6.45, 7) is 2.26. The third-order valence-corrected chi connectivity index (χ3v) is 6.05. The Balaban J connectivity index is 1.66. The van der Waals surface area contributed by atoms with E-state index in [4.69, 9.17) is 10.1 Å². The van der Waals surface area contributed by atoms with Crippen LogP contribution in [-0.4, -0.2) is 21.0 Å². The van der Waals surface area contributed by atoms with E-state index >= 15 is 0 Å². The lowest BCUT2D eigenvalue weighted by molar-refractivity contribution is -0.384. The van der Waals surface area contributed by atoms with E-state index in [0.29, 0.717) is 16.4 Å². The van der Waals surface area contributed by atoms with E-state index in [0.717, 1.165) is 22.9 Å². The van der Waals surface area contributed by atoms with Gasteiger partial charge >= 0.3 is 0 Å². The molecule has 1 aliphatic heterocycles. The minimum atomic E-state index is -0.500. The molecule has 0 unspecified atom stereocenters. The van der Waals surface area contributed by atoms with Crippen LogP contribution in [0.25, 0.3) is 6.08 Å². The SMILES string of the molecule is Cc1cccc(COc2ccc([N+](=O)[O-])cc2/C=C2\SC(=N)N(c3nccs3)C2=O)c1. The number of aryl methyl sites for hydroxylation is 1. The van der Waals surface area contributed by atoms with Gasteiger partial charge in [-0.25, -0.2) is 9.88 Å². The summed E-state index contributed by atoms with van der Waals surface area (Å²) >= 11 is 2.23. The van der Waals surface area contributed by atoms with Gasteiger partial charge in [0.1, 0.15) is 12.4 Å². The molecule has 2 heterocycles. The molecule has 0 aliphatic carbocycles. The number of benzene rings is 2. The van der Waals surface area contributed by atoms with Gasteiger partial charge in [0.15, 0.2) is 10.3 Å². The molecule has 1 N–H and O–H groups in total. The van der Waals surface area contributed by atoms with Crippen molar-refractivity contribution in [3.05, 3.63) is 85.8 Å². The predicted molar refractivity (Wildman–Crippen MR) is 122 cm³/mol. The Hall–Kier alpha value is -3.50. The van der Waals surface area contributed by atoms with Crippen molar-refractivity contribution in [2.45, 2.75) is 13.5 Å². The first-order chi connectivity index (χ1) is 14.9. The van der Waals surface area contributed by atoms with Crippen molar-refractivity contribution in [2.75, 3.05) is 4.90 Å². The van der Waals surface area contributed by atoms with E-state index in [-0.39, 0.29) is 22.4 Å². The Morgan fingerprint density at radius 1 is 1.29 bits per heavy atom. The standard InChI is InChI=1S/C21H16N4O4S2/c1-13-3-2-4-14(9-13)12-29-17-6-5-16(25(27)28)10-15(17)11-18-19(26)24(20(22)31-18)21-23-7-8-30-21/h2-11,22H,12H2,1H3/b18-11-,22-20?. The quantitative estimate of drug-likeness (QED) is 0.320. The summed E-state index contributed by atoms with van der Waals surface area (Å²) in [5.41, 5.74) is 2.34. The molecule has 1 aliphatic rings. The van der Waals surface area contributed by atoms with E-state index in [9.17, 15) is 14.9 Å². The number of nitrogens with one attached hydrogen (secondary N) is 1. The molecule has 31 heavy (non-hydrogen) atoms. The number of nitro groups is 1. The van der Waals surface area contributed by atoms with Crippen LogP contribution in [0.15, 0.2) is 58.9 Å². The van der Waals surface area contributed by atoms with Crippen molar-refractivity contribution in [1.82, 2.24) is 4.98 Å². The topological polar surface area (TPSA) is 109 Å². The lowest BCUT2D eigenvalue weighted by atomic mass is 10.1. The number of rotatable bonds is 6. The number of thioether (sulfide) groups is 1. The lowest BCUT2D eigenvalue weighted by Gasteiger charge is -2.11. The maximum atomic E-state index is 12.9. The average Bonchev–Trinajstić information content (AvgIpc) is 3.35. The fraction of sp³-hybridized carbons (Fsp3) is 0.0952. The molecule has 0 spiro atoms. The van der Waals surface area contributed by atoms with Gasteiger partial charge in [-0.2, -0.15) is 0 Å². The number of ether oxygens (including phenoxy) is 1. The molecule has 1 saturated heterocycles. The highest BCUT2D eigenvalue weighted by molar-refractivity contribution is 8.19. The van der Waals surface area contributed by atoms with Crippen molar-refractivity contribution in [3.8, 4) is 5.75 Å². The zero-order chi connectivity index (χ0) is 22.0. The molecular weight excluding hydrogens is 436 g/mol. The summed E-state index contributed by atoms with van der Waals surface area (Å²) in [7, 11) is 0. The second-order valence-electron chi connectivity index (χ2n) is 6.63. The zero-order valence-corrected chi connectivity index (χ0v) is 17.9. The highest BCUT2D eigenvalue weighted by Gasteiger charge is 2.35. The third kappa shape index (κ3) is 4.49. The number of carbonyl (C=O) groups is 1. The van der Waals surface area contributed by atoms with Crippen molar-refractivity contribution in [2.24, 2.45) is 0 Å². The van der Waals surface area contributed by atoms with Gasteiger partial charge in [0.25, 0.3) is 11.6 Å². The monoisotopic (exact) mass is 452 g/mol. The first-order valence-corrected chi connectivity index (χ1v) is 10.8. The number of amides is 1. The Labute approximate surface area is 185 Å². The molecule has 0 bridgehead atoms. The van der Waals surface area contributed by atoms with Crippen LogP contribution < -0.4 is 9.64 Å². The van der Waals surface area contributed by atoms with Gasteiger partial charge in [0.2, 0.25) is 0 Å². The number of anilines is 1. The molecule has 0 atom stereocenters. The van der Waals surface area contributed by atoms with Crippen LogP contribution in [0.5, 0.6) is 5.75 Å². The highest BCUT2D eigenvalue weighted by Crippen LogP contribution is 2.37. The number of thiazole rings is 1. The second-order valence-corrected chi connectivity index (χ2v) is 8.53. The normalized spacial score (nSPS) is 15.0. The molecule has 156 valence electrons. The van der Waals surface area contributed by atoms with E-state index in [1.54, 1.807) is 11.6 Å². The van der Waals surface area contributed by atoms with E-state index < -0.39 is 10.8 Å². The van der Waals surface area contributed by atoms with Crippen molar-refractivity contribution in [1.29, 1.82) is 5.41 Å². The summed E-state index contributed by atoms with van der Waals surface area (Å²) in [5.74, 6) is 0.00771. The third-order valence-electron chi connectivity index (χ3n) is 4.40. The van der Waals surface area contributed by atoms with Crippen molar-refractivity contribution < 1.29 is 14.5 Å². The number of hydrogen-bond acceptors (Lipinski definition) is 8. The first-order valence-electron chi connectivity index (χ1n) is 9.11. The number of aromatic nitrogens is 1. The maximum absolute atomic E-state index is 12.9. The van der Waals surface area contributed by atoms with Gasteiger partial charge in [0.05, 0.1) is 9.83 Å². The average molecular weight is 453 g/mol.